The predicted octanol–water partition coefficient (Wildman–Crippen LogP) is 1.07. The lowest BCUT2D eigenvalue weighted by molar-refractivity contribution is -0.102. The lowest BCUT2D eigenvalue weighted by atomic mass is 9.83. The Morgan fingerprint density at radius 1 is 1.21 bits per heavy atom. The first-order chi connectivity index (χ1) is 13.8. The Kier molecular flexibility index (Phi) is 5.40. The topological polar surface area (TPSA) is 73.3 Å². The molecule has 1 spiro atoms. The third kappa shape index (κ3) is 3.79. The van der Waals surface area contributed by atoms with Gasteiger partial charge in [-0.25, -0.2) is 4.79 Å². The van der Waals surface area contributed by atoms with Gasteiger partial charge in [-0.2, -0.15) is 0 Å². The minimum Gasteiger partial charge on any atom is -0.465 e. The zero-order valence-corrected chi connectivity index (χ0v) is 17.5. The third-order valence-electron chi connectivity index (χ3n) is 6.40. The first-order valence-electron chi connectivity index (χ1n) is 10.5. The fourth-order valence-electron chi connectivity index (χ4n) is 5.34. The van der Waals surface area contributed by atoms with Gasteiger partial charge in [0, 0.05) is 50.9 Å². The van der Waals surface area contributed by atoms with Gasteiger partial charge in [0.1, 0.15) is 0 Å². The van der Waals surface area contributed by atoms with Gasteiger partial charge in [-0.3, -0.25) is 14.6 Å². The lowest BCUT2D eigenvalue weighted by Gasteiger charge is -2.61. The molecule has 0 aromatic heterocycles. The van der Waals surface area contributed by atoms with E-state index in [1.54, 1.807) is 24.3 Å². The standard InChI is InChI=1S/C22H31N3O4/c1-15(2)9-23-10-18-8-19(26)11-25(18)22(12-23)13-24(14-22)20(27)16-5-4-6-17(7-16)21(28)29-3/h4-7,15,18-19,26H,8-14H2,1-3H3. The highest BCUT2D eigenvalue weighted by Crippen LogP contribution is 2.39. The molecule has 0 aliphatic carbocycles. The van der Waals surface area contributed by atoms with E-state index in [2.05, 4.69) is 23.6 Å². The molecule has 2 atom stereocenters. The van der Waals surface area contributed by atoms with Crippen LogP contribution in [0.25, 0.3) is 0 Å². The molecule has 7 nitrogen and oxygen atoms in total. The van der Waals surface area contributed by atoms with E-state index in [-0.39, 0.29) is 17.6 Å². The average molecular weight is 402 g/mol. The summed E-state index contributed by atoms with van der Waals surface area (Å²) in [4.78, 5) is 31.6. The maximum absolute atomic E-state index is 13.0. The summed E-state index contributed by atoms with van der Waals surface area (Å²) in [5.74, 6) is 0.0905. The molecule has 1 aromatic carbocycles. The van der Waals surface area contributed by atoms with Gasteiger partial charge in [-0.1, -0.05) is 19.9 Å². The van der Waals surface area contributed by atoms with Crippen LogP contribution in [0.5, 0.6) is 0 Å². The number of esters is 1. The van der Waals surface area contributed by atoms with Crippen LogP contribution in [0.1, 0.15) is 41.0 Å². The molecule has 3 fully saturated rings. The number of aliphatic hydroxyl groups excluding tert-OH is 1. The van der Waals surface area contributed by atoms with Crippen molar-refractivity contribution in [1.82, 2.24) is 14.7 Å². The zero-order valence-electron chi connectivity index (χ0n) is 17.5. The summed E-state index contributed by atoms with van der Waals surface area (Å²) in [6.45, 7) is 9.43. The van der Waals surface area contributed by atoms with Crippen LogP contribution in [-0.4, -0.2) is 95.7 Å². The summed E-state index contributed by atoms with van der Waals surface area (Å²) in [5.41, 5.74) is 0.818. The molecule has 1 N–H and O–H groups in total. The molecule has 3 heterocycles. The largest absolute Gasteiger partial charge is 0.465 e. The summed E-state index contributed by atoms with van der Waals surface area (Å²) < 4.78 is 4.76. The third-order valence-corrected chi connectivity index (χ3v) is 6.40. The van der Waals surface area contributed by atoms with Crippen molar-refractivity contribution in [2.24, 2.45) is 5.92 Å². The molecule has 0 radical (unpaired) electrons. The number of rotatable bonds is 4. The van der Waals surface area contributed by atoms with E-state index >= 15 is 0 Å². The van der Waals surface area contributed by atoms with Gasteiger partial charge in [0.25, 0.3) is 5.91 Å². The Bertz CT molecular complexity index is 790. The smallest absolute Gasteiger partial charge is 0.337 e. The number of piperazine rings is 1. The van der Waals surface area contributed by atoms with Crippen LogP contribution in [0, 0.1) is 5.92 Å². The number of fused-ring (bicyclic) bond motifs is 2. The van der Waals surface area contributed by atoms with Gasteiger partial charge in [0.05, 0.1) is 24.3 Å². The molecule has 158 valence electrons. The van der Waals surface area contributed by atoms with Gasteiger partial charge < -0.3 is 14.7 Å². The van der Waals surface area contributed by atoms with Crippen LogP contribution in [0.2, 0.25) is 0 Å². The zero-order chi connectivity index (χ0) is 20.8. The number of hydrogen-bond acceptors (Lipinski definition) is 6. The fourth-order valence-corrected chi connectivity index (χ4v) is 5.34. The Morgan fingerprint density at radius 3 is 2.62 bits per heavy atom. The van der Waals surface area contributed by atoms with Crippen molar-refractivity contribution in [3.63, 3.8) is 0 Å². The maximum atomic E-state index is 13.0. The molecule has 4 rings (SSSR count). The molecular weight excluding hydrogens is 370 g/mol. The quantitative estimate of drug-likeness (QED) is 0.761. The Balaban J connectivity index is 1.49. The molecule has 3 aliphatic heterocycles. The number of likely N-dealkylation sites (tertiary alicyclic amines) is 1. The van der Waals surface area contributed by atoms with Crippen molar-refractivity contribution in [3.05, 3.63) is 35.4 Å². The number of carbonyl (C=O) groups is 2. The number of carbonyl (C=O) groups excluding carboxylic acids is 2. The van der Waals surface area contributed by atoms with Crippen molar-refractivity contribution in [3.8, 4) is 0 Å². The lowest BCUT2D eigenvalue weighted by Crippen LogP contribution is -2.78. The Hall–Kier alpha value is -1.96. The molecule has 0 saturated carbocycles. The summed E-state index contributed by atoms with van der Waals surface area (Å²) in [6, 6.07) is 7.08. The molecule has 0 bridgehead atoms. The molecule has 3 aliphatic rings. The molecule has 2 unspecified atom stereocenters. The molecule has 1 amide bonds. The van der Waals surface area contributed by atoms with E-state index in [4.69, 9.17) is 4.74 Å². The number of methoxy groups -OCH3 is 1. The van der Waals surface area contributed by atoms with E-state index in [9.17, 15) is 14.7 Å². The molecule has 1 aromatic rings. The second-order valence-electron chi connectivity index (χ2n) is 9.24. The number of aliphatic hydroxyl groups is 1. The van der Waals surface area contributed by atoms with Gasteiger partial charge in [0.15, 0.2) is 0 Å². The Labute approximate surface area is 172 Å². The molecule has 7 heteroatoms. The molecule has 3 saturated heterocycles. The highest BCUT2D eigenvalue weighted by Gasteiger charge is 2.57. The number of β-amino-alcohol motifs (C(OH)–C–C–N with tert-alkyl or cyclic N) is 1. The SMILES string of the molecule is COC(=O)c1cccc(C(=O)N2CC3(CN(CC(C)C)CC4CC(O)CN43)C2)c1. The van der Waals surface area contributed by atoms with Crippen LogP contribution in [-0.2, 0) is 4.74 Å². The van der Waals surface area contributed by atoms with Crippen molar-refractivity contribution in [2.75, 3.05) is 46.4 Å². The number of benzene rings is 1. The van der Waals surface area contributed by atoms with Crippen LogP contribution in [0.4, 0.5) is 0 Å². The normalized spacial score (nSPS) is 26.4. The Morgan fingerprint density at radius 2 is 1.93 bits per heavy atom. The van der Waals surface area contributed by atoms with Gasteiger partial charge in [-0.15, -0.1) is 0 Å². The summed E-state index contributed by atoms with van der Waals surface area (Å²) in [7, 11) is 1.34. The molecular formula is C22H31N3O4. The van der Waals surface area contributed by atoms with Crippen LogP contribution >= 0.6 is 0 Å². The van der Waals surface area contributed by atoms with Crippen LogP contribution in [0.15, 0.2) is 24.3 Å². The summed E-state index contributed by atoms with van der Waals surface area (Å²) in [6.07, 6.45) is 0.531. The van der Waals surface area contributed by atoms with E-state index < -0.39 is 5.97 Å². The second-order valence-corrected chi connectivity index (χ2v) is 9.24. The number of hydrogen-bond donors (Lipinski definition) is 1. The minimum absolute atomic E-state index is 0.0568. The van der Waals surface area contributed by atoms with Crippen LogP contribution < -0.4 is 0 Å². The first-order valence-corrected chi connectivity index (χ1v) is 10.5. The van der Waals surface area contributed by atoms with Crippen molar-refractivity contribution in [1.29, 1.82) is 0 Å². The fraction of sp³-hybridized carbons (Fsp3) is 0.636. The van der Waals surface area contributed by atoms with E-state index in [0.29, 0.717) is 42.7 Å². The monoisotopic (exact) mass is 401 g/mol. The predicted molar refractivity (Wildman–Crippen MR) is 109 cm³/mol. The maximum Gasteiger partial charge on any atom is 0.337 e. The van der Waals surface area contributed by atoms with Crippen molar-refractivity contribution >= 4 is 11.9 Å². The van der Waals surface area contributed by atoms with E-state index in [1.165, 1.54) is 7.11 Å². The van der Waals surface area contributed by atoms with Crippen molar-refractivity contribution in [2.45, 2.75) is 38.0 Å². The van der Waals surface area contributed by atoms with Gasteiger partial charge in [0.2, 0.25) is 0 Å². The number of nitrogens with zero attached hydrogens (tertiary/aromatic N) is 3. The summed E-state index contributed by atoms with van der Waals surface area (Å²) >= 11 is 0. The summed E-state index contributed by atoms with van der Waals surface area (Å²) in [5, 5.41) is 10.3. The number of amides is 1. The van der Waals surface area contributed by atoms with E-state index in [0.717, 1.165) is 26.1 Å². The van der Waals surface area contributed by atoms with E-state index in [1.807, 2.05) is 4.90 Å². The number of ether oxygens (including phenoxy) is 1. The van der Waals surface area contributed by atoms with Crippen LogP contribution in [0.3, 0.4) is 0 Å². The first kappa shape index (κ1) is 20.3. The average Bonchev–Trinajstić information content (AvgIpc) is 3.04. The van der Waals surface area contributed by atoms with Gasteiger partial charge >= 0.3 is 5.97 Å². The second kappa shape index (κ2) is 7.70. The molecule has 29 heavy (non-hydrogen) atoms. The van der Waals surface area contributed by atoms with Gasteiger partial charge in [-0.05, 0) is 30.5 Å². The minimum atomic E-state index is -0.440. The highest BCUT2D eigenvalue weighted by atomic mass is 16.5. The van der Waals surface area contributed by atoms with Crippen molar-refractivity contribution < 1.29 is 19.4 Å². The highest BCUT2D eigenvalue weighted by molar-refractivity contribution is 5.98.